The van der Waals surface area contributed by atoms with Gasteiger partial charge >= 0.3 is 0 Å². The summed E-state index contributed by atoms with van der Waals surface area (Å²) < 4.78 is 0. The molecule has 2 aliphatic carbocycles. The number of hydrogen-bond donors (Lipinski definition) is 0. The highest BCUT2D eigenvalue weighted by Gasteiger charge is 2.20. The molecule has 2 aliphatic rings. The molecule has 4 aromatic rings. The van der Waals surface area contributed by atoms with Crippen molar-refractivity contribution >= 4 is 32.9 Å². The van der Waals surface area contributed by atoms with E-state index in [2.05, 4.69) is 78.9 Å². The van der Waals surface area contributed by atoms with Crippen LogP contribution in [0.4, 0.5) is 0 Å². The largest absolute Gasteiger partial charge is 0.295 e. The summed E-state index contributed by atoms with van der Waals surface area (Å²) >= 11 is 0. The molecule has 0 N–H and O–H groups in total. The van der Waals surface area contributed by atoms with Crippen molar-refractivity contribution in [3.63, 3.8) is 0 Å². The fourth-order valence-corrected chi connectivity index (χ4v) is 4.79. The minimum atomic E-state index is 0.134. The van der Waals surface area contributed by atoms with Crippen LogP contribution in [0.15, 0.2) is 96.6 Å². The van der Waals surface area contributed by atoms with Crippen molar-refractivity contribution in [2.45, 2.75) is 32.6 Å². The lowest BCUT2D eigenvalue weighted by Gasteiger charge is -2.25. The smallest absolute Gasteiger partial charge is 0.159 e. The van der Waals surface area contributed by atoms with Gasteiger partial charge in [-0.3, -0.25) is 4.79 Å². The van der Waals surface area contributed by atoms with Gasteiger partial charge in [-0.25, -0.2) is 0 Å². The number of ketones is 1. The van der Waals surface area contributed by atoms with Crippen LogP contribution < -0.4 is 0 Å². The number of allylic oxidation sites excluding steroid dienone is 4. The van der Waals surface area contributed by atoms with Crippen LogP contribution in [0.3, 0.4) is 0 Å². The van der Waals surface area contributed by atoms with E-state index in [1.54, 1.807) is 12.5 Å². The molecule has 0 bridgehead atoms. The zero-order valence-electron chi connectivity index (χ0n) is 17.9. The lowest BCUT2D eigenvalue weighted by Crippen LogP contribution is -2.07. The molecular weight excluding hydrogens is 376 g/mol. The van der Waals surface area contributed by atoms with Crippen LogP contribution in [-0.2, 0) is 6.42 Å². The summed E-state index contributed by atoms with van der Waals surface area (Å²) in [5.41, 5.74) is 6.71. The fraction of sp³-hybridized carbons (Fsp3) is 0.167. The highest BCUT2D eigenvalue weighted by molar-refractivity contribution is 6.00. The summed E-state index contributed by atoms with van der Waals surface area (Å²) in [6, 6.07) is 27.2. The molecule has 0 atom stereocenters. The summed E-state index contributed by atoms with van der Waals surface area (Å²) in [6.45, 7) is 1.63. The molecule has 1 heteroatoms. The molecule has 0 spiro atoms. The SMILES string of the molecule is CC(=O)c1ccc2c3c(ccc2c1)C1=C(CCC=C1)CC3.c1ccc2ccccc2c1. The van der Waals surface area contributed by atoms with Crippen molar-refractivity contribution in [1.82, 2.24) is 0 Å². The minimum absolute atomic E-state index is 0.134. The Morgan fingerprint density at radius 3 is 2.13 bits per heavy atom. The molecule has 152 valence electrons. The van der Waals surface area contributed by atoms with E-state index in [0.29, 0.717) is 0 Å². The lowest BCUT2D eigenvalue weighted by atomic mass is 9.79. The maximum Gasteiger partial charge on any atom is 0.159 e. The molecule has 0 aromatic heterocycles. The van der Waals surface area contributed by atoms with Crippen molar-refractivity contribution in [1.29, 1.82) is 0 Å². The van der Waals surface area contributed by atoms with Crippen LogP contribution >= 0.6 is 0 Å². The number of carbonyl (C=O) groups excluding carboxylic acids is 1. The molecule has 0 heterocycles. The summed E-state index contributed by atoms with van der Waals surface area (Å²) in [5.74, 6) is 0.134. The first kappa shape index (κ1) is 19.5. The quantitative estimate of drug-likeness (QED) is 0.295. The molecule has 0 aliphatic heterocycles. The van der Waals surface area contributed by atoms with Gasteiger partial charge in [0.2, 0.25) is 0 Å². The van der Waals surface area contributed by atoms with Gasteiger partial charge in [0.15, 0.2) is 5.78 Å². The second-order valence-corrected chi connectivity index (χ2v) is 8.39. The normalized spacial score (nSPS) is 14.6. The summed E-state index contributed by atoms with van der Waals surface area (Å²) in [5, 5.41) is 5.11. The maximum atomic E-state index is 11.5. The van der Waals surface area contributed by atoms with Gasteiger partial charge < -0.3 is 0 Å². The van der Waals surface area contributed by atoms with Gasteiger partial charge in [-0.1, -0.05) is 90.5 Å². The average Bonchev–Trinajstić information content (AvgIpc) is 2.83. The molecule has 4 aromatic carbocycles. The third-order valence-corrected chi connectivity index (χ3v) is 6.44. The van der Waals surface area contributed by atoms with E-state index >= 15 is 0 Å². The van der Waals surface area contributed by atoms with E-state index in [9.17, 15) is 4.79 Å². The van der Waals surface area contributed by atoms with Crippen molar-refractivity contribution < 1.29 is 4.79 Å². The van der Waals surface area contributed by atoms with Gasteiger partial charge in [0.1, 0.15) is 0 Å². The van der Waals surface area contributed by atoms with E-state index in [1.165, 1.54) is 57.5 Å². The van der Waals surface area contributed by atoms with Gasteiger partial charge in [-0.2, -0.15) is 0 Å². The molecule has 6 rings (SSSR count). The van der Waals surface area contributed by atoms with E-state index in [4.69, 9.17) is 0 Å². The maximum absolute atomic E-state index is 11.5. The average molecular weight is 403 g/mol. The zero-order valence-corrected chi connectivity index (χ0v) is 17.9. The third-order valence-electron chi connectivity index (χ3n) is 6.44. The van der Waals surface area contributed by atoms with Crippen LogP contribution in [-0.4, -0.2) is 5.78 Å². The summed E-state index contributed by atoms with van der Waals surface area (Å²) in [6.07, 6.45) is 9.29. The van der Waals surface area contributed by atoms with Gasteiger partial charge in [0, 0.05) is 5.56 Å². The third kappa shape index (κ3) is 3.84. The van der Waals surface area contributed by atoms with E-state index in [0.717, 1.165) is 12.0 Å². The summed E-state index contributed by atoms with van der Waals surface area (Å²) in [4.78, 5) is 11.5. The van der Waals surface area contributed by atoms with Gasteiger partial charge in [-0.05, 0) is 76.9 Å². The van der Waals surface area contributed by atoms with Crippen LogP contribution in [0.1, 0.15) is 47.7 Å². The van der Waals surface area contributed by atoms with Crippen molar-refractivity contribution in [3.8, 4) is 0 Å². The van der Waals surface area contributed by atoms with Crippen molar-refractivity contribution in [2.75, 3.05) is 0 Å². The Morgan fingerprint density at radius 2 is 1.45 bits per heavy atom. The van der Waals surface area contributed by atoms with E-state index < -0.39 is 0 Å². The first-order chi connectivity index (χ1) is 15.2. The standard InChI is InChI=1S/C20H18O.C10H8/c1-13(21)15-7-9-18-16(12-15)8-11-19-17-5-3-2-4-14(17)6-10-20(18)19;1-2-6-10-8-4-3-7-9(10)5-1/h3,5,7-9,11-12H,2,4,6,10H2,1H3;1-8H. The highest BCUT2D eigenvalue weighted by Crippen LogP contribution is 2.39. The van der Waals surface area contributed by atoms with Crippen LogP contribution in [0.2, 0.25) is 0 Å². The highest BCUT2D eigenvalue weighted by atomic mass is 16.1. The van der Waals surface area contributed by atoms with Crippen molar-refractivity contribution in [3.05, 3.63) is 113 Å². The molecule has 1 nitrogen and oxygen atoms in total. The number of Topliss-reactive ketones (excluding diaryl/α,β-unsaturated/α-hetero) is 1. The lowest BCUT2D eigenvalue weighted by molar-refractivity contribution is 0.101. The van der Waals surface area contributed by atoms with Crippen LogP contribution in [0, 0.1) is 0 Å². The molecular formula is C30H26O. The van der Waals surface area contributed by atoms with Gasteiger partial charge in [-0.15, -0.1) is 0 Å². The number of benzene rings is 4. The number of aryl methyl sites for hydroxylation is 1. The Kier molecular flexibility index (Phi) is 5.26. The second kappa shape index (κ2) is 8.35. The molecule has 0 unspecified atom stereocenters. The molecule has 0 fully saturated rings. The number of rotatable bonds is 1. The predicted molar refractivity (Wildman–Crippen MR) is 132 cm³/mol. The number of fused-ring (bicyclic) bond motifs is 5. The zero-order chi connectivity index (χ0) is 21.2. The van der Waals surface area contributed by atoms with E-state index in [-0.39, 0.29) is 5.78 Å². The Morgan fingerprint density at radius 1 is 0.742 bits per heavy atom. The monoisotopic (exact) mass is 402 g/mol. The predicted octanol–water partition coefficient (Wildman–Crippen LogP) is 7.93. The van der Waals surface area contributed by atoms with Crippen LogP contribution in [0.25, 0.3) is 27.1 Å². The molecule has 0 amide bonds. The van der Waals surface area contributed by atoms with Crippen LogP contribution in [0.5, 0.6) is 0 Å². The number of hydrogen-bond acceptors (Lipinski definition) is 1. The topological polar surface area (TPSA) is 17.1 Å². The first-order valence-corrected chi connectivity index (χ1v) is 11.1. The second-order valence-electron chi connectivity index (χ2n) is 8.39. The Hall–Kier alpha value is -3.45. The Balaban J connectivity index is 0.000000171. The molecule has 0 radical (unpaired) electrons. The Bertz CT molecular complexity index is 1290. The van der Waals surface area contributed by atoms with Crippen molar-refractivity contribution in [2.24, 2.45) is 0 Å². The molecule has 31 heavy (non-hydrogen) atoms. The van der Waals surface area contributed by atoms with Gasteiger partial charge in [0.05, 0.1) is 0 Å². The van der Waals surface area contributed by atoms with Gasteiger partial charge in [0.25, 0.3) is 0 Å². The fourth-order valence-electron chi connectivity index (χ4n) is 4.79. The van der Waals surface area contributed by atoms with E-state index in [1.807, 2.05) is 12.1 Å². The molecule has 0 saturated heterocycles. The summed E-state index contributed by atoms with van der Waals surface area (Å²) in [7, 11) is 0. The number of carbonyl (C=O) groups is 1. The first-order valence-electron chi connectivity index (χ1n) is 11.1. The Labute approximate surface area is 183 Å². The minimum Gasteiger partial charge on any atom is -0.295 e. The molecule has 0 saturated carbocycles.